The topological polar surface area (TPSA) is 35.5 Å². The molecule has 0 unspecified atom stereocenters. The van der Waals surface area contributed by atoms with Gasteiger partial charge in [-0.2, -0.15) is 0 Å². The molecule has 2 N–H and O–H groups in total. The maximum Gasteiger partial charge on any atom is 0.0600 e. The minimum absolute atomic E-state index is 0.234. The second kappa shape index (κ2) is 4.49. The molecule has 11 heavy (non-hydrogen) atoms. The van der Waals surface area contributed by atoms with E-state index >= 15 is 0 Å². The summed E-state index contributed by atoms with van der Waals surface area (Å²) in [5.74, 6) is 0. The normalized spacial score (nSPS) is 25.7. The number of rotatable bonds is 4. The molecule has 1 fully saturated rings. The molecule has 0 aromatic heterocycles. The summed E-state index contributed by atoms with van der Waals surface area (Å²) in [5, 5.41) is 11.0. The molecule has 0 saturated carbocycles. The van der Waals surface area contributed by atoms with E-state index in [9.17, 15) is 0 Å². The Hall–Kier alpha value is -0.380. The van der Waals surface area contributed by atoms with E-state index in [1.807, 2.05) is 5.01 Å². The number of hydrogen-bond acceptors (Lipinski definition) is 3. The number of hydrazine groups is 1. The highest BCUT2D eigenvalue weighted by Gasteiger charge is 2.22. The first-order chi connectivity index (χ1) is 5.38. The lowest BCUT2D eigenvalue weighted by atomic mass is 10.2. The van der Waals surface area contributed by atoms with Gasteiger partial charge in [-0.05, 0) is 12.8 Å². The second-order valence-electron chi connectivity index (χ2n) is 2.70. The van der Waals surface area contributed by atoms with Crippen molar-refractivity contribution in [2.24, 2.45) is 0 Å². The molecule has 1 saturated heterocycles. The van der Waals surface area contributed by atoms with Gasteiger partial charge in [0.25, 0.3) is 0 Å². The molecule has 0 bridgehead atoms. The zero-order chi connectivity index (χ0) is 8.10. The summed E-state index contributed by atoms with van der Waals surface area (Å²) >= 11 is 0. The zero-order valence-corrected chi connectivity index (χ0v) is 6.66. The Labute approximate surface area is 67.7 Å². The van der Waals surface area contributed by atoms with Crippen LogP contribution in [-0.4, -0.2) is 29.3 Å². The Balaban J connectivity index is 2.25. The minimum atomic E-state index is 0.234. The van der Waals surface area contributed by atoms with E-state index in [1.54, 1.807) is 12.6 Å². The van der Waals surface area contributed by atoms with E-state index < -0.39 is 0 Å². The SMILES string of the molecule is C=C[CH]NN1CCC[C@H]1CO. The Morgan fingerprint density at radius 1 is 1.73 bits per heavy atom. The van der Waals surface area contributed by atoms with Crippen LogP contribution in [0.5, 0.6) is 0 Å². The largest absolute Gasteiger partial charge is 0.395 e. The Morgan fingerprint density at radius 3 is 3.18 bits per heavy atom. The third-order valence-corrected chi connectivity index (χ3v) is 1.95. The molecular formula is C8H15N2O. The van der Waals surface area contributed by atoms with Crippen molar-refractivity contribution in [1.29, 1.82) is 0 Å². The molecule has 0 aromatic rings. The first-order valence-corrected chi connectivity index (χ1v) is 3.96. The number of nitrogens with zero attached hydrogens (tertiary/aromatic N) is 1. The summed E-state index contributed by atoms with van der Waals surface area (Å²) in [4.78, 5) is 0. The standard InChI is InChI=1S/C8H15N2O/c1-2-5-9-10-6-3-4-8(10)7-11/h2,5,8-9,11H,1,3-4,6-7H2/t8-/m0/s1. The lowest BCUT2D eigenvalue weighted by Gasteiger charge is -2.22. The molecule has 0 aromatic carbocycles. The van der Waals surface area contributed by atoms with Crippen molar-refractivity contribution < 1.29 is 5.11 Å². The van der Waals surface area contributed by atoms with E-state index in [-0.39, 0.29) is 12.6 Å². The van der Waals surface area contributed by atoms with Gasteiger partial charge in [0.05, 0.1) is 13.2 Å². The van der Waals surface area contributed by atoms with Crippen LogP contribution >= 0.6 is 0 Å². The smallest absolute Gasteiger partial charge is 0.0600 e. The van der Waals surface area contributed by atoms with E-state index in [0.29, 0.717) is 0 Å². The van der Waals surface area contributed by atoms with Gasteiger partial charge < -0.3 is 5.11 Å². The molecule has 1 aliphatic heterocycles. The number of hydrogen-bond donors (Lipinski definition) is 2. The van der Waals surface area contributed by atoms with Crippen molar-refractivity contribution >= 4 is 0 Å². The number of aliphatic hydroxyl groups excluding tert-OH is 1. The Bertz CT molecular complexity index is 127. The van der Waals surface area contributed by atoms with E-state index in [2.05, 4.69) is 12.0 Å². The molecule has 1 atom stereocenters. The molecule has 1 rings (SSSR count). The van der Waals surface area contributed by atoms with Gasteiger partial charge in [0.1, 0.15) is 0 Å². The maximum atomic E-state index is 8.91. The summed E-state index contributed by atoms with van der Waals surface area (Å²) in [6.07, 6.45) is 3.93. The van der Waals surface area contributed by atoms with Gasteiger partial charge in [-0.15, -0.1) is 6.58 Å². The number of aliphatic hydroxyl groups is 1. The summed E-state index contributed by atoms with van der Waals surface area (Å²) in [5.41, 5.74) is 3.06. The third-order valence-electron chi connectivity index (χ3n) is 1.95. The van der Waals surface area contributed by atoms with Crippen LogP contribution < -0.4 is 5.43 Å². The van der Waals surface area contributed by atoms with E-state index in [1.165, 1.54) is 0 Å². The maximum absolute atomic E-state index is 8.91. The van der Waals surface area contributed by atoms with Gasteiger partial charge in [-0.1, -0.05) is 6.08 Å². The summed E-state index contributed by atoms with van der Waals surface area (Å²) in [6, 6.07) is 0.284. The van der Waals surface area contributed by atoms with Crippen molar-refractivity contribution in [3.63, 3.8) is 0 Å². The van der Waals surface area contributed by atoms with Gasteiger partial charge in [0.15, 0.2) is 0 Å². The fourth-order valence-corrected chi connectivity index (χ4v) is 1.34. The van der Waals surface area contributed by atoms with Crippen molar-refractivity contribution in [3.8, 4) is 0 Å². The molecule has 0 aliphatic carbocycles. The van der Waals surface area contributed by atoms with Crippen LogP contribution in [0.15, 0.2) is 12.7 Å². The first kappa shape index (κ1) is 8.71. The molecule has 3 nitrogen and oxygen atoms in total. The molecule has 0 amide bonds. The van der Waals surface area contributed by atoms with Crippen LogP contribution in [-0.2, 0) is 0 Å². The number of nitrogens with one attached hydrogen (secondary N) is 1. The molecular weight excluding hydrogens is 140 g/mol. The zero-order valence-electron chi connectivity index (χ0n) is 6.66. The molecule has 63 valence electrons. The summed E-state index contributed by atoms with van der Waals surface area (Å²) < 4.78 is 0. The first-order valence-electron chi connectivity index (χ1n) is 3.96. The Morgan fingerprint density at radius 2 is 2.55 bits per heavy atom. The van der Waals surface area contributed by atoms with Gasteiger partial charge in [0, 0.05) is 12.6 Å². The average molecular weight is 155 g/mol. The van der Waals surface area contributed by atoms with Crippen LogP contribution in [0.2, 0.25) is 0 Å². The van der Waals surface area contributed by atoms with Crippen molar-refractivity contribution in [2.75, 3.05) is 13.2 Å². The fraction of sp³-hybridized carbons (Fsp3) is 0.625. The second-order valence-corrected chi connectivity index (χ2v) is 2.70. The quantitative estimate of drug-likeness (QED) is 0.612. The van der Waals surface area contributed by atoms with E-state index in [4.69, 9.17) is 5.11 Å². The molecule has 1 heterocycles. The summed E-state index contributed by atoms with van der Waals surface area (Å²) in [6.45, 7) is 6.59. The van der Waals surface area contributed by atoms with E-state index in [0.717, 1.165) is 19.4 Å². The van der Waals surface area contributed by atoms with Crippen molar-refractivity contribution in [3.05, 3.63) is 19.2 Å². The monoisotopic (exact) mass is 155 g/mol. The molecule has 1 radical (unpaired) electrons. The van der Waals surface area contributed by atoms with Gasteiger partial charge in [-0.3, -0.25) is 0 Å². The van der Waals surface area contributed by atoms with Crippen LogP contribution in [0, 0.1) is 6.54 Å². The molecule has 3 heteroatoms. The predicted molar refractivity (Wildman–Crippen MR) is 44.4 cm³/mol. The van der Waals surface area contributed by atoms with Gasteiger partial charge in [0.2, 0.25) is 0 Å². The van der Waals surface area contributed by atoms with Crippen molar-refractivity contribution in [1.82, 2.24) is 10.4 Å². The highest BCUT2D eigenvalue weighted by molar-refractivity contribution is 4.85. The molecule has 0 spiro atoms. The summed E-state index contributed by atoms with van der Waals surface area (Å²) in [7, 11) is 0. The van der Waals surface area contributed by atoms with Crippen LogP contribution in [0.3, 0.4) is 0 Å². The predicted octanol–water partition coefficient (Wildman–Crippen LogP) is 0.295. The van der Waals surface area contributed by atoms with Crippen LogP contribution in [0.4, 0.5) is 0 Å². The van der Waals surface area contributed by atoms with Crippen molar-refractivity contribution in [2.45, 2.75) is 18.9 Å². The van der Waals surface area contributed by atoms with Crippen LogP contribution in [0.25, 0.3) is 0 Å². The lowest BCUT2D eigenvalue weighted by Crippen LogP contribution is -2.41. The Kier molecular flexibility index (Phi) is 3.56. The van der Waals surface area contributed by atoms with Gasteiger partial charge in [-0.25, -0.2) is 10.4 Å². The minimum Gasteiger partial charge on any atom is -0.395 e. The molecule has 1 aliphatic rings. The van der Waals surface area contributed by atoms with Crippen LogP contribution in [0.1, 0.15) is 12.8 Å². The fourth-order valence-electron chi connectivity index (χ4n) is 1.34. The third kappa shape index (κ3) is 2.29. The average Bonchev–Trinajstić information content (AvgIpc) is 2.47. The lowest BCUT2D eigenvalue weighted by molar-refractivity contribution is 0.125. The van der Waals surface area contributed by atoms with Gasteiger partial charge >= 0.3 is 0 Å². The highest BCUT2D eigenvalue weighted by atomic mass is 16.3. The highest BCUT2D eigenvalue weighted by Crippen LogP contribution is 2.13.